The van der Waals surface area contributed by atoms with E-state index in [9.17, 15) is 4.79 Å². The molecule has 1 N–H and O–H groups in total. The molecule has 3 rings (SSSR count). The maximum Gasteiger partial charge on any atom is 0.252 e. The van der Waals surface area contributed by atoms with Crippen LogP contribution in [0.5, 0.6) is 11.5 Å². The SMILES string of the molecule is COc1ccc(OCCNC(=O)c2ccc(N(C)c3ccccc3)nc2)cc1. The van der Waals surface area contributed by atoms with Gasteiger partial charge in [-0.15, -0.1) is 0 Å². The van der Waals surface area contributed by atoms with E-state index in [-0.39, 0.29) is 5.91 Å². The number of anilines is 2. The Hall–Kier alpha value is -3.54. The van der Waals surface area contributed by atoms with Gasteiger partial charge in [0.25, 0.3) is 5.91 Å². The molecule has 3 aromatic rings. The van der Waals surface area contributed by atoms with Crippen molar-refractivity contribution in [3.8, 4) is 11.5 Å². The Morgan fingerprint density at radius 1 is 1.00 bits per heavy atom. The third-order valence-corrected chi connectivity index (χ3v) is 4.21. The van der Waals surface area contributed by atoms with Crippen molar-refractivity contribution in [2.24, 2.45) is 0 Å². The van der Waals surface area contributed by atoms with Crippen molar-refractivity contribution in [3.05, 3.63) is 78.5 Å². The molecule has 0 radical (unpaired) electrons. The van der Waals surface area contributed by atoms with Crippen molar-refractivity contribution < 1.29 is 14.3 Å². The number of carbonyl (C=O) groups is 1. The Labute approximate surface area is 164 Å². The minimum Gasteiger partial charge on any atom is -0.497 e. The molecular formula is C22H23N3O3. The number of carbonyl (C=O) groups excluding carboxylic acids is 1. The average molecular weight is 377 g/mol. The number of aromatic nitrogens is 1. The third-order valence-electron chi connectivity index (χ3n) is 4.21. The molecule has 0 unspecified atom stereocenters. The molecule has 6 heteroatoms. The van der Waals surface area contributed by atoms with Crippen molar-refractivity contribution in [2.75, 3.05) is 32.2 Å². The van der Waals surface area contributed by atoms with Gasteiger partial charge in [-0.05, 0) is 48.5 Å². The van der Waals surface area contributed by atoms with E-state index < -0.39 is 0 Å². The van der Waals surface area contributed by atoms with Crippen molar-refractivity contribution >= 4 is 17.4 Å². The topological polar surface area (TPSA) is 63.7 Å². The first-order chi connectivity index (χ1) is 13.7. The molecule has 1 heterocycles. The van der Waals surface area contributed by atoms with Gasteiger partial charge in [0, 0.05) is 18.9 Å². The molecule has 0 fully saturated rings. The van der Waals surface area contributed by atoms with E-state index in [0.29, 0.717) is 18.7 Å². The fraction of sp³-hybridized carbons (Fsp3) is 0.182. The zero-order chi connectivity index (χ0) is 19.8. The van der Waals surface area contributed by atoms with E-state index in [4.69, 9.17) is 9.47 Å². The predicted octanol–water partition coefficient (Wildman–Crippen LogP) is 3.67. The van der Waals surface area contributed by atoms with E-state index in [0.717, 1.165) is 23.0 Å². The van der Waals surface area contributed by atoms with E-state index in [1.54, 1.807) is 19.4 Å². The molecule has 28 heavy (non-hydrogen) atoms. The zero-order valence-corrected chi connectivity index (χ0v) is 16.0. The molecule has 2 aromatic carbocycles. The second kappa shape index (κ2) is 9.41. The second-order valence-electron chi connectivity index (χ2n) is 6.08. The van der Waals surface area contributed by atoms with Crippen LogP contribution in [0.2, 0.25) is 0 Å². The van der Waals surface area contributed by atoms with Gasteiger partial charge in [0.15, 0.2) is 0 Å². The fourth-order valence-electron chi connectivity index (χ4n) is 2.61. The van der Waals surface area contributed by atoms with Crippen molar-refractivity contribution in [1.82, 2.24) is 10.3 Å². The Morgan fingerprint density at radius 2 is 1.71 bits per heavy atom. The van der Waals surface area contributed by atoms with Gasteiger partial charge in [-0.1, -0.05) is 18.2 Å². The Morgan fingerprint density at radius 3 is 2.36 bits per heavy atom. The summed E-state index contributed by atoms with van der Waals surface area (Å²) in [7, 11) is 3.56. The summed E-state index contributed by atoms with van der Waals surface area (Å²) >= 11 is 0. The molecule has 144 valence electrons. The highest BCUT2D eigenvalue weighted by atomic mass is 16.5. The van der Waals surface area contributed by atoms with Gasteiger partial charge >= 0.3 is 0 Å². The number of benzene rings is 2. The number of nitrogens with zero attached hydrogens (tertiary/aromatic N) is 2. The van der Waals surface area contributed by atoms with Gasteiger partial charge in [-0.25, -0.2) is 4.98 Å². The van der Waals surface area contributed by atoms with E-state index in [1.165, 1.54) is 0 Å². The van der Waals surface area contributed by atoms with Gasteiger partial charge in [0.1, 0.15) is 23.9 Å². The normalized spacial score (nSPS) is 10.2. The summed E-state index contributed by atoms with van der Waals surface area (Å²) in [6.45, 7) is 0.775. The van der Waals surface area contributed by atoms with Gasteiger partial charge in [0.05, 0.1) is 19.2 Å². The highest BCUT2D eigenvalue weighted by molar-refractivity contribution is 5.94. The Bertz CT molecular complexity index is 881. The minimum atomic E-state index is -0.181. The largest absolute Gasteiger partial charge is 0.497 e. The number of methoxy groups -OCH3 is 1. The molecule has 1 aromatic heterocycles. The fourth-order valence-corrected chi connectivity index (χ4v) is 2.61. The summed E-state index contributed by atoms with van der Waals surface area (Å²) in [5.41, 5.74) is 1.54. The van der Waals surface area contributed by atoms with E-state index >= 15 is 0 Å². The first kappa shape index (κ1) is 19.2. The molecule has 0 saturated heterocycles. The Balaban J connectivity index is 1.47. The van der Waals surface area contributed by atoms with Gasteiger partial charge < -0.3 is 19.7 Å². The van der Waals surface area contributed by atoms with Crippen LogP contribution < -0.4 is 19.7 Å². The zero-order valence-electron chi connectivity index (χ0n) is 16.0. The molecule has 0 atom stereocenters. The summed E-state index contributed by atoms with van der Waals surface area (Å²) in [5.74, 6) is 2.09. The lowest BCUT2D eigenvalue weighted by Crippen LogP contribution is -2.28. The lowest BCUT2D eigenvalue weighted by molar-refractivity contribution is 0.0946. The molecule has 0 saturated carbocycles. The maximum atomic E-state index is 12.3. The summed E-state index contributed by atoms with van der Waals surface area (Å²) in [4.78, 5) is 18.6. The standard InChI is InChI=1S/C22H23N3O3/c1-25(18-6-4-3-5-7-18)21-13-8-17(16-24-21)22(26)23-14-15-28-20-11-9-19(27-2)10-12-20/h3-13,16H,14-15H2,1-2H3,(H,23,26). The quantitative estimate of drug-likeness (QED) is 0.607. The van der Waals surface area contributed by atoms with Gasteiger partial charge in [-0.2, -0.15) is 0 Å². The average Bonchev–Trinajstić information content (AvgIpc) is 2.77. The van der Waals surface area contributed by atoms with Crippen molar-refractivity contribution in [2.45, 2.75) is 0 Å². The summed E-state index contributed by atoms with van der Waals surface area (Å²) < 4.78 is 10.7. The van der Waals surface area contributed by atoms with Crippen LogP contribution in [0.15, 0.2) is 72.9 Å². The van der Waals surface area contributed by atoms with Crippen LogP contribution >= 0.6 is 0 Å². The summed E-state index contributed by atoms with van der Waals surface area (Å²) in [6, 6.07) is 20.8. The number of nitrogens with one attached hydrogen (secondary N) is 1. The third kappa shape index (κ3) is 5.01. The van der Waals surface area contributed by atoms with Crippen molar-refractivity contribution in [1.29, 1.82) is 0 Å². The summed E-state index contributed by atoms with van der Waals surface area (Å²) in [5, 5.41) is 2.83. The van der Waals surface area contributed by atoms with Crippen LogP contribution in [-0.4, -0.2) is 38.2 Å². The lowest BCUT2D eigenvalue weighted by Gasteiger charge is -2.18. The van der Waals surface area contributed by atoms with Crippen LogP contribution in [0.1, 0.15) is 10.4 Å². The Kier molecular flexibility index (Phi) is 6.46. The molecule has 0 bridgehead atoms. The smallest absolute Gasteiger partial charge is 0.252 e. The number of hydrogen-bond acceptors (Lipinski definition) is 5. The molecule has 0 aliphatic carbocycles. The number of ether oxygens (including phenoxy) is 2. The lowest BCUT2D eigenvalue weighted by atomic mass is 10.2. The summed E-state index contributed by atoms with van der Waals surface area (Å²) in [6.07, 6.45) is 1.58. The highest BCUT2D eigenvalue weighted by Crippen LogP contribution is 2.21. The van der Waals surface area contributed by atoms with Gasteiger partial charge in [-0.3, -0.25) is 4.79 Å². The van der Waals surface area contributed by atoms with E-state index in [2.05, 4.69) is 10.3 Å². The molecule has 1 amide bonds. The van der Waals surface area contributed by atoms with Crippen LogP contribution in [0.3, 0.4) is 0 Å². The number of hydrogen-bond donors (Lipinski definition) is 1. The monoisotopic (exact) mass is 377 g/mol. The first-order valence-corrected chi connectivity index (χ1v) is 8.97. The minimum absolute atomic E-state index is 0.181. The van der Waals surface area contributed by atoms with E-state index in [1.807, 2.05) is 72.6 Å². The number of para-hydroxylation sites is 1. The molecule has 0 aliphatic heterocycles. The van der Waals surface area contributed by atoms with Crippen LogP contribution in [-0.2, 0) is 0 Å². The molecule has 6 nitrogen and oxygen atoms in total. The number of rotatable bonds is 8. The second-order valence-corrected chi connectivity index (χ2v) is 6.08. The molecule has 0 spiro atoms. The van der Waals surface area contributed by atoms with Crippen LogP contribution in [0.4, 0.5) is 11.5 Å². The molecular weight excluding hydrogens is 354 g/mol. The van der Waals surface area contributed by atoms with Crippen LogP contribution in [0, 0.1) is 0 Å². The highest BCUT2D eigenvalue weighted by Gasteiger charge is 2.09. The van der Waals surface area contributed by atoms with Gasteiger partial charge in [0.2, 0.25) is 0 Å². The number of amides is 1. The first-order valence-electron chi connectivity index (χ1n) is 8.97. The number of pyridine rings is 1. The predicted molar refractivity (Wildman–Crippen MR) is 110 cm³/mol. The maximum absolute atomic E-state index is 12.3. The van der Waals surface area contributed by atoms with Crippen molar-refractivity contribution in [3.63, 3.8) is 0 Å². The molecule has 0 aliphatic rings. The van der Waals surface area contributed by atoms with Crippen LogP contribution in [0.25, 0.3) is 0 Å².